The van der Waals surface area contributed by atoms with Gasteiger partial charge in [0, 0.05) is 17.8 Å². The highest BCUT2D eigenvalue weighted by atomic mass is 15.3. The summed E-state index contributed by atoms with van der Waals surface area (Å²) < 4.78 is 1.82. The van der Waals surface area contributed by atoms with E-state index in [0.29, 0.717) is 0 Å². The Hall–Kier alpha value is -2.95. The van der Waals surface area contributed by atoms with Gasteiger partial charge in [-0.25, -0.2) is 14.6 Å². The summed E-state index contributed by atoms with van der Waals surface area (Å²) in [5, 5.41) is 5.32. The minimum Gasteiger partial charge on any atom is -0.346 e. The number of rotatable bonds is 3. The van der Waals surface area contributed by atoms with Crippen LogP contribution in [0.2, 0.25) is 0 Å². The second-order valence-electron chi connectivity index (χ2n) is 5.34. The first-order valence-corrected chi connectivity index (χ1v) is 7.16. The topological polar surface area (TPSA) is 59.4 Å². The molecule has 3 heterocycles. The van der Waals surface area contributed by atoms with Gasteiger partial charge < -0.3 is 4.98 Å². The van der Waals surface area contributed by atoms with Crippen LogP contribution < -0.4 is 0 Å². The van der Waals surface area contributed by atoms with Crippen LogP contribution >= 0.6 is 0 Å². The molecule has 0 unspecified atom stereocenters. The lowest BCUT2D eigenvalue weighted by molar-refractivity contribution is 0.685. The summed E-state index contributed by atoms with van der Waals surface area (Å²) in [4.78, 5) is 11.6. The third-order valence-electron chi connectivity index (χ3n) is 3.85. The largest absolute Gasteiger partial charge is 0.346 e. The predicted molar refractivity (Wildman–Crippen MR) is 85.4 cm³/mol. The van der Waals surface area contributed by atoms with E-state index >= 15 is 0 Å². The van der Waals surface area contributed by atoms with Gasteiger partial charge in [-0.2, -0.15) is 5.10 Å². The molecule has 0 saturated carbocycles. The Bertz CT molecular complexity index is 904. The molecule has 0 atom stereocenters. The first-order valence-electron chi connectivity index (χ1n) is 7.16. The fourth-order valence-electron chi connectivity index (χ4n) is 2.75. The number of hydrogen-bond donors (Lipinski definition) is 1. The summed E-state index contributed by atoms with van der Waals surface area (Å²) in [5.41, 5.74) is 5.74. The van der Waals surface area contributed by atoms with E-state index in [4.69, 9.17) is 0 Å². The van der Waals surface area contributed by atoms with Crippen LogP contribution in [0.4, 0.5) is 0 Å². The fourth-order valence-corrected chi connectivity index (χ4v) is 2.75. The molecule has 0 bridgehead atoms. The van der Waals surface area contributed by atoms with Crippen LogP contribution in [-0.4, -0.2) is 24.7 Å². The number of aromatic amines is 1. The minimum atomic E-state index is 0.731. The molecule has 0 saturated heterocycles. The maximum absolute atomic E-state index is 4.38. The lowest BCUT2D eigenvalue weighted by Crippen LogP contribution is -1.99. The van der Waals surface area contributed by atoms with Gasteiger partial charge >= 0.3 is 0 Å². The van der Waals surface area contributed by atoms with E-state index in [2.05, 4.69) is 57.3 Å². The Morgan fingerprint density at radius 1 is 1.14 bits per heavy atom. The molecule has 0 radical (unpaired) electrons. The van der Waals surface area contributed by atoms with Crippen LogP contribution in [0.1, 0.15) is 11.1 Å². The zero-order valence-corrected chi connectivity index (χ0v) is 12.2. The van der Waals surface area contributed by atoms with E-state index in [1.807, 2.05) is 17.1 Å². The summed E-state index contributed by atoms with van der Waals surface area (Å²) in [6.45, 7) is 2.83. The van der Waals surface area contributed by atoms with Gasteiger partial charge in [-0.1, -0.05) is 24.3 Å². The van der Waals surface area contributed by atoms with Gasteiger partial charge in [-0.15, -0.1) is 0 Å². The Morgan fingerprint density at radius 2 is 2.00 bits per heavy atom. The standard InChI is InChI=1S/C17H15N5/c1-12-8-20-17-16(12)15(6-7-19-17)14-4-2-13(3-5-14)9-22-11-18-10-21-22/h2-8,10-11H,9H2,1H3,(H,19,20). The predicted octanol–water partition coefficient (Wildman–Crippen LogP) is 3.18. The number of aromatic nitrogens is 5. The van der Waals surface area contributed by atoms with E-state index in [0.717, 1.165) is 12.2 Å². The van der Waals surface area contributed by atoms with Crippen molar-refractivity contribution in [3.8, 4) is 11.1 Å². The summed E-state index contributed by atoms with van der Waals surface area (Å²) in [6, 6.07) is 10.6. The SMILES string of the molecule is Cc1c[nH]c2nccc(-c3ccc(Cn4cncn4)cc3)c12. The first kappa shape index (κ1) is 12.8. The van der Waals surface area contributed by atoms with Crippen molar-refractivity contribution >= 4 is 11.0 Å². The number of hydrogen-bond acceptors (Lipinski definition) is 3. The average molecular weight is 289 g/mol. The Labute approximate surface area is 127 Å². The quantitative estimate of drug-likeness (QED) is 0.630. The molecule has 3 aromatic heterocycles. The van der Waals surface area contributed by atoms with E-state index in [1.165, 1.54) is 27.6 Å². The van der Waals surface area contributed by atoms with Crippen LogP contribution in [0.25, 0.3) is 22.2 Å². The molecule has 1 aromatic carbocycles. The normalized spacial score (nSPS) is 11.1. The lowest BCUT2D eigenvalue weighted by atomic mass is 10.0. The number of nitrogens with zero attached hydrogens (tertiary/aromatic N) is 4. The molecule has 0 fully saturated rings. The number of benzene rings is 1. The Morgan fingerprint density at radius 3 is 2.77 bits per heavy atom. The minimum absolute atomic E-state index is 0.731. The highest BCUT2D eigenvalue weighted by Gasteiger charge is 2.08. The van der Waals surface area contributed by atoms with E-state index in [1.54, 1.807) is 12.7 Å². The molecular weight excluding hydrogens is 274 g/mol. The van der Waals surface area contributed by atoms with E-state index in [9.17, 15) is 0 Å². The molecule has 22 heavy (non-hydrogen) atoms. The smallest absolute Gasteiger partial charge is 0.138 e. The van der Waals surface area contributed by atoms with E-state index in [-0.39, 0.29) is 0 Å². The average Bonchev–Trinajstić information content (AvgIpc) is 3.18. The molecule has 0 amide bonds. The van der Waals surface area contributed by atoms with Gasteiger partial charge in [-0.3, -0.25) is 0 Å². The van der Waals surface area contributed by atoms with Gasteiger partial charge in [0.1, 0.15) is 18.3 Å². The van der Waals surface area contributed by atoms with Gasteiger partial charge in [0.25, 0.3) is 0 Å². The third kappa shape index (κ3) is 2.16. The summed E-state index contributed by atoms with van der Waals surface area (Å²) in [6.07, 6.45) is 7.12. The first-order chi connectivity index (χ1) is 10.8. The zero-order chi connectivity index (χ0) is 14.9. The van der Waals surface area contributed by atoms with E-state index < -0.39 is 0 Å². The van der Waals surface area contributed by atoms with Crippen LogP contribution in [0.5, 0.6) is 0 Å². The van der Waals surface area contributed by atoms with Gasteiger partial charge in [0.05, 0.1) is 6.54 Å². The number of nitrogens with one attached hydrogen (secondary N) is 1. The number of H-pyrrole nitrogens is 1. The van der Waals surface area contributed by atoms with Gasteiger partial charge in [0.2, 0.25) is 0 Å². The molecule has 5 nitrogen and oxygen atoms in total. The van der Waals surface area contributed by atoms with Gasteiger partial charge in [0.15, 0.2) is 0 Å². The Balaban J connectivity index is 1.71. The van der Waals surface area contributed by atoms with Crippen molar-refractivity contribution in [3.63, 3.8) is 0 Å². The molecular formula is C17H15N5. The van der Waals surface area contributed by atoms with Crippen LogP contribution in [0.15, 0.2) is 55.4 Å². The molecule has 0 aliphatic carbocycles. The van der Waals surface area contributed by atoms with Crippen molar-refractivity contribution in [3.05, 3.63) is 66.5 Å². The molecule has 4 aromatic rings. The molecule has 0 spiro atoms. The summed E-state index contributed by atoms with van der Waals surface area (Å²) in [7, 11) is 0. The third-order valence-corrected chi connectivity index (χ3v) is 3.85. The molecule has 4 rings (SSSR count). The van der Waals surface area contributed by atoms with Gasteiger partial charge in [-0.05, 0) is 35.2 Å². The monoisotopic (exact) mass is 289 g/mol. The summed E-state index contributed by atoms with van der Waals surface area (Å²) in [5.74, 6) is 0. The fraction of sp³-hybridized carbons (Fsp3) is 0.118. The highest BCUT2D eigenvalue weighted by molar-refractivity contribution is 5.95. The molecule has 0 aliphatic heterocycles. The van der Waals surface area contributed by atoms with Crippen molar-refractivity contribution in [1.82, 2.24) is 24.7 Å². The van der Waals surface area contributed by atoms with Crippen molar-refractivity contribution in [2.45, 2.75) is 13.5 Å². The zero-order valence-electron chi connectivity index (χ0n) is 12.2. The number of pyridine rings is 1. The van der Waals surface area contributed by atoms with Crippen molar-refractivity contribution in [2.75, 3.05) is 0 Å². The maximum Gasteiger partial charge on any atom is 0.138 e. The lowest BCUT2D eigenvalue weighted by Gasteiger charge is -2.06. The second-order valence-corrected chi connectivity index (χ2v) is 5.34. The number of aryl methyl sites for hydroxylation is 1. The van der Waals surface area contributed by atoms with Crippen LogP contribution in [0, 0.1) is 6.92 Å². The van der Waals surface area contributed by atoms with Crippen molar-refractivity contribution in [2.24, 2.45) is 0 Å². The van der Waals surface area contributed by atoms with Crippen LogP contribution in [0.3, 0.4) is 0 Å². The molecule has 0 aliphatic rings. The number of fused-ring (bicyclic) bond motifs is 1. The molecule has 5 heteroatoms. The summed E-state index contributed by atoms with van der Waals surface area (Å²) >= 11 is 0. The highest BCUT2D eigenvalue weighted by Crippen LogP contribution is 2.29. The van der Waals surface area contributed by atoms with Crippen LogP contribution in [-0.2, 0) is 6.54 Å². The molecule has 108 valence electrons. The Kier molecular flexibility index (Phi) is 2.96. The maximum atomic E-state index is 4.38. The van der Waals surface area contributed by atoms with Crippen molar-refractivity contribution in [1.29, 1.82) is 0 Å². The second kappa shape index (κ2) is 5.11. The van der Waals surface area contributed by atoms with Crippen molar-refractivity contribution < 1.29 is 0 Å². The molecule has 1 N–H and O–H groups in total.